The molecule has 1 aromatic rings. The Morgan fingerprint density at radius 3 is 2.83 bits per heavy atom. The number of carbonyl (C=O) groups is 1. The molecular weight excluding hydrogens is 230 g/mol. The number of hydrogen-bond donors (Lipinski definition) is 3. The first-order chi connectivity index (χ1) is 8.37. The van der Waals surface area contributed by atoms with E-state index in [-0.39, 0.29) is 17.4 Å². The summed E-state index contributed by atoms with van der Waals surface area (Å²) in [6, 6.07) is -0.0877. The van der Waals surface area contributed by atoms with Crippen LogP contribution >= 0.6 is 0 Å². The minimum atomic E-state index is -0.0877. The molecule has 0 radical (unpaired) electrons. The van der Waals surface area contributed by atoms with Crippen molar-refractivity contribution in [3.05, 3.63) is 12.2 Å². The number of hydrogen-bond acceptors (Lipinski definition) is 4. The van der Waals surface area contributed by atoms with Crippen LogP contribution in [0.25, 0.3) is 0 Å². The molecule has 0 aliphatic carbocycles. The Morgan fingerprint density at radius 1 is 1.56 bits per heavy atom. The highest BCUT2D eigenvalue weighted by Gasteiger charge is 2.17. The molecule has 6 nitrogen and oxygen atoms in total. The van der Waals surface area contributed by atoms with Crippen LogP contribution < -0.4 is 11.1 Å². The van der Waals surface area contributed by atoms with Gasteiger partial charge in [-0.15, -0.1) is 0 Å². The van der Waals surface area contributed by atoms with Gasteiger partial charge in [0.05, 0.1) is 0 Å². The predicted molar refractivity (Wildman–Crippen MR) is 69.8 cm³/mol. The largest absolute Gasteiger partial charge is 0.356 e. The first-order valence-corrected chi connectivity index (χ1v) is 6.23. The Morgan fingerprint density at radius 2 is 2.28 bits per heavy atom. The van der Waals surface area contributed by atoms with Gasteiger partial charge in [-0.05, 0) is 11.8 Å². The zero-order chi connectivity index (χ0) is 13.6. The van der Waals surface area contributed by atoms with Gasteiger partial charge >= 0.3 is 0 Å². The first kappa shape index (κ1) is 14.6. The van der Waals surface area contributed by atoms with E-state index in [9.17, 15) is 4.79 Å². The highest BCUT2D eigenvalue weighted by molar-refractivity contribution is 5.76. The molecule has 18 heavy (non-hydrogen) atoms. The van der Waals surface area contributed by atoms with Crippen molar-refractivity contribution in [1.82, 2.24) is 20.5 Å². The molecule has 4 N–H and O–H groups in total. The summed E-state index contributed by atoms with van der Waals surface area (Å²) in [6.45, 7) is 6.91. The van der Waals surface area contributed by atoms with Gasteiger partial charge in [0.15, 0.2) is 0 Å². The quantitative estimate of drug-likeness (QED) is 0.692. The van der Waals surface area contributed by atoms with Crippen LogP contribution in [0, 0.1) is 5.41 Å². The van der Waals surface area contributed by atoms with Gasteiger partial charge in [0.25, 0.3) is 0 Å². The van der Waals surface area contributed by atoms with E-state index in [0.29, 0.717) is 19.4 Å². The summed E-state index contributed by atoms with van der Waals surface area (Å²) in [6.07, 6.45) is 3.31. The highest BCUT2D eigenvalue weighted by Crippen LogP contribution is 2.20. The molecule has 1 atom stereocenters. The van der Waals surface area contributed by atoms with Crippen LogP contribution in [0.1, 0.15) is 39.4 Å². The van der Waals surface area contributed by atoms with Gasteiger partial charge in [0.1, 0.15) is 12.2 Å². The third-order valence-electron chi connectivity index (χ3n) is 2.47. The molecule has 6 heteroatoms. The lowest BCUT2D eigenvalue weighted by Crippen LogP contribution is -2.35. The van der Waals surface area contributed by atoms with Crippen LogP contribution in [0.4, 0.5) is 0 Å². The van der Waals surface area contributed by atoms with Crippen LogP contribution in [-0.2, 0) is 11.2 Å². The van der Waals surface area contributed by atoms with E-state index in [1.807, 2.05) is 0 Å². The van der Waals surface area contributed by atoms with Crippen molar-refractivity contribution in [1.29, 1.82) is 0 Å². The smallest absolute Gasteiger partial charge is 0.221 e. The maximum atomic E-state index is 11.6. The highest BCUT2D eigenvalue weighted by atomic mass is 16.1. The third-order valence-corrected chi connectivity index (χ3v) is 2.47. The molecule has 1 aromatic heterocycles. The number of carbonyl (C=O) groups excluding carboxylic acids is 1. The molecule has 0 fully saturated rings. The second kappa shape index (κ2) is 6.49. The Balaban J connectivity index is 2.17. The Bertz CT molecular complexity index is 355. The molecule has 1 amide bonds. The molecule has 102 valence electrons. The predicted octanol–water partition coefficient (Wildman–Crippen LogP) is 0.617. The summed E-state index contributed by atoms with van der Waals surface area (Å²) >= 11 is 0. The average Bonchev–Trinajstić information content (AvgIpc) is 2.66. The van der Waals surface area contributed by atoms with Crippen molar-refractivity contribution in [2.75, 3.05) is 6.54 Å². The number of rotatable bonds is 6. The van der Waals surface area contributed by atoms with Gasteiger partial charge < -0.3 is 11.1 Å². The lowest BCUT2D eigenvalue weighted by molar-refractivity contribution is -0.121. The molecule has 1 heterocycles. The number of H-pyrrole nitrogens is 1. The molecular formula is C12H23N5O. The minimum Gasteiger partial charge on any atom is -0.356 e. The minimum absolute atomic E-state index is 0.00809. The van der Waals surface area contributed by atoms with Crippen LogP contribution in [0.2, 0.25) is 0 Å². The number of amides is 1. The Labute approximate surface area is 108 Å². The molecule has 0 spiro atoms. The Hall–Kier alpha value is -1.43. The van der Waals surface area contributed by atoms with E-state index in [2.05, 4.69) is 41.3 Å². The SMILES string of the molecule is CC(C)(C)CC(N)CC(=O)NCCc1ncn[nH]1. The standard InChI is InChI=1S/C12H23N5O/c1-12(2,3)7-9(13)6-11(18)14-5-4-10-15-8-16-17-10/h8-9H,4-7,13H2,1-3H3,(H,14,18)(H,15,16,17). The fraction of sp³-hybridized carbons (Fsp3) is 0.750. The zero-order valence-corrected chi connectivity index (χ0v) is 11.4. The van der Waals surface area contributed by atoms with Crippen LogP contribution in [-0.4, -0.2) is 33.7 Å². The van der Waals surface area contributed by atoms with Gasteiger partial charge in [0.2, 0.25) is 5.91 Å². The molecule has 0 aliphatic rings. The second-order valence-corrected chi connectivity index (χ2v) is 5.76. The van der Waals surface area contributed by atoms with Gasteiger partial charge in [-0.2, -0.15) is 5.10 Å². The van der Waals surface area contributed by atoms with E-state index in [1.165, 1.54) is 6.33 Å². The number of aromatic nitrogens is 3. The van der Waals surface area contributed by atoms with Crippen molar-refractivity contribution in [3.8, 4) is 0 Å². The fourth-order valence-electron chi connectivity index (χ4n) is 1.84. The average molecular weight is 253 g/mol. The van der Waals surface area contributed by atoms with E-state index < -0.39 is 0 Å². The summed E-state index contributed by atoms with van der Waals surface area (Å²) in [5.74, 6) is 0.764. The topological polar surface area (TPSA) is 96.7 Å². The maximum Gasteiger partial charge on any atom is 0.221 e. The van der Waals surface area contributed by atoms with E-state index in [1.54, 1.807) is 0 Å². The molecule has 0 aliphatic heterocycles. The number of nitrogens with two attached hydrogens (primary N) is 1. The molecule has 1 rings (SSSR count). The molecule has 0 bridgehead atoms. The summed E-state index contributed by atoms with van der Waals surface area (Å²) in [4.78, 5) is 15.6. The second-order valence-electron chi connectivity index (χ2n) is 5.76. The van der Waals surface area contributed by atoms with Crippen molar-refractivity contribution in [3.63, 3.8) is 0 Å². The van der Waals surface area contributed by atoms with Crippen LogP contribution in [0.3, 0.4) is 0 Å². The molecule has 0 saturated carbocycles. The van der Waals surface area contributed by atoms with Crippen LogP contribution in [0.5, 0.6) is 0 Å². The van der Waals surface area contributed by atoms with Crippen molar-refractivity contribution in [2.45, 2.75) is 46.1 Å². The fourth-order valence-corrected chi connectivity index (χ4v) is 1.84. The normalized spacial score (nSPS) is 13.3. The molecule has 0 aromatic carbocycles. The summed E-state index contributed by atoms with van der Waals surface area (Å²) in [7, 11) is 0. The number of nitrogens with zero attached hydrogens (tertiary/aromatic N) is 2. The van der Waals surface area contributed by atoms with Crippen molar-refractivity contribution < 1.29 is 4.79 Å². The van der Waals surface area contributed by atoms with Gasteiger partial charge in [-0.1, -0.05) is 20.8 Å². The summed E-state index contributed by atoms with van der Waals surface area (Å²) in [5.41, 5.74) is 6.09. The summed E-state index contributed by atoms with van der Waals surface area (Å²) < 4.78 is 0. The monoisotopic (exact) mass is 253 g/mol. The molecule has 1 unspecified atom stereocenters. The van der Waals surface area contributed by atoms with E-state index in [0.717, 1.165) is 12.2 Å². The van der Waals surface area contributed by atoms with Gasteiger partial charge in [-0.25, -0.2) is 4.98 Å². The van der Waals surface area contributed by atoms with Crippen LogP contribution in [0.15, 0.2) is 6.33 Å². The number of nitrogens with one attached hydrogen (secondary N) is 2. The van der Waals surface area contributed by atoms with Gasteiger partial charge in [0, 0.05) is 25.4 Å². The van der Waals surface area contributed by atoms with E-state index >= 15 is 0 Å². The Kier molecular flexibility index (Phi) is 5.27. The van der Waals surface area contributed by atoms with Crippen molar-refractivity contribution >= 4 is 5.91 Å². The van der Waals surface area contributed by atoms with Crippen molar-refractivity contribution in [2.24, 2.45) is 11.1 Å². The van der Waals surface area contributed by atoms with Gasteiger partial charge in [-0.3, -0.25) is 9.89 Å². The maximum absolute atomic E-state index is 11.6. The first-order valence-electron chi connectivity index (χ1n) is 6.23. The van der Waals surface area contributed by atoms with E-state index in [4.69, 9.17) is 5.73 Å². The molecule has 0 saturated heterocycles. The zero-order valence-electron chi connectivity index (χ0n) is 11.4. The summed E-state index contributed by atoms with van der Waals surface area (Å²) in [5, 5.41) is 9.32. The number of aromatic amines is 1. The lowest BCUT2D eigenvalue weighted by Gasteiger charge is -2.22. The third kappa shape index (κ3) is 6.34. The lowest BCUT2D eigenvalue weighted by atomic mass is 9.87.